The quantitative estimate of drug-likeness (QED) is 0.755. The summed E-state index contributed by atoms with van der Waals surface area (Å²) in [6.07, 6.45) is 7.83. The highest BCUT2D eigenvalue weighted by atomic mass is 16.5. The standard InChI is InChI=1S/C22H36N2O3/c1-26-21-9-8-19(22(14-21)27-2)16-23-11-12-24(20(17-23)10-13-25)15-18-6-4-3-5-7-18/h8-9,14,18,20,25H,3-7,10-13,15-17H2,1-2H3/t20-/m1/s1. The molecule has 152 valence electrons. The molecule has 1 N–H and O–H groups in total. The summed E-state index contributed by atoms with van der Waals surface area (Å²) in [5, 5.41) is 9.58. The smallest absolute Gasteiger partial charge is 0.127 e. The number of nitrogens with zero attached hydrogens (tertiary/aromatic N) is 2. The van der Waals surface area contributed by atoms with E-state index in [-0.39, 0.29) is 6.61 Å². The van der Waals surface area contributed by atoms with Crippen LogP contribution in [-0.2, 0) is 6.54 Å². The average Bonchev–Trinajstić information content (AvgIpc) is 2.71. The van der Waals surface area contributed by atoms with Crippen molar-refractivity contribution in [3.63, 3.8) is 0 Å². The summed E-state index contributed by atoms with van der Waals surface area (Å²) in [4.78, 5) is 5.15. The van der Waals surface area contributed by atoms with E-state index >= 15 is 0 Å². The molecule has 1 aliphatic carbocycles. The number of methoxy groups -OCH3 is 2. The molecule has 2 fully saturated rings. The molecule has 0 aromatic heterocycles. The Morgan fingerprint density at radius 2 is 1.89 bits per heavy atom. The zero-order chi connectivity index (χ0) is 19.1. The van der Waals surface area contributed by atoms with Crippen molar-refractivity contribution in [2.24, 2.45) is 5.92 Å². The van der Waals surface area contributed by atoms with Crippen molar-refractivity contribution in [2.75, 3.05) is 47.0 Å². The van der Waals surface area contributed by atoms with Gasteiger partial charge in [0.05, 0.1) is 14.2 Å². The van der Waals surface area contributed by atoms with E-state index in [2.05, 4.69) is 15.9 Å². The minimum atomic E-state index is 0.269. The SMILES string of the molecule is COc1ccc(CN2CCN(CC3CCCCC3)[C@H](CCO)C2)c(OC)c1. The largest absolute Gasteiger partial charge is 0.497 e. The number of rotatable bonds is 8. The zero-order valence-corrected chi connectivity index (χ0v) is 17.0. The number of benzene rings is 1. The Morgan fingerprint density at radius 1 is 1.07 bits per heavy atom. The van der Waals surface area contributed by atoms with Crippen molar-refractivity contribution in [3.8, 4) is 11.5 Å². The van der Waals surface area contributed by atoms with Gasteiger partial charge in [0, 0.05) is 57.0 Å². The van der Waals surface area contributed by atoms with Crippen LogP contribution in [0.5, 0.6) is 11.5 Å². The van der Waals surface area contributed by atoms with Gasteiger partial charge in [0.2, 0.25) is 0 Å². The molecule has 1 saturated heterocycles. The summed E-state index contributed by atoms with van der Waals surface area (Å²) >= 11 is 0. The Labute approximate surface area is 164 Å². The molecule has 1 aromatic carbocycles. The number of aliphatic hydroxyl groups is 1. The van der Waals surface area contributed by atoms with Gasteiger partial charge >= 0.3 is 0 Å². The molecule has 3 rings (SSSR count). The monoisotopic (exact) mass is 376 g/mol. The minimum Gasteiger partial charge on any atom is -0.497 e. The van der Waals surface area contributed by atoms with Gasteiger partial charge in [0.15, 0.2) is 0 Å². The number of piperazine rings is 1. The Bertz CT molecular complexity index is 575. The van der Waals surface area contributed by atoms with Crippen LogP contribution in [0.25, 0.3) is 0 Å². The maximum Gasteiger partial charge on any atom is 0.127 e. The van der Waals surface area contributed by atoms with Crippen LogP contribution in [0.3, 0.4) is 0 Å². The Balaban J connectivity index is 1.60. The maximum atomic E-state index is 9.58. The van der Waals surface area contributed by atoms with E-state index in [1.54, 1.807) is 14.2 Å². The first kappa shape index (κ1) is 20.4. The van der Waals surface area contributed by atoms with Crippen LogP contribution in [-0.4, -0.2) is 68.0 Å². The summed E-state index contributed by atoms with van der Waals surface area (Å²) in [6, 6.07) is 6.52. The Hall–Kier alpha value is -1.30. The van der Waals surface area contributed by atoms with E-state index in [4.69, 9.17) is 9.47 Å². The van der Waals surface area contributed by atoms with E-state index < -0.39 is 0 Å². The summed E-state index contributed by atoms with van der Waals surface area (Å²) in [5.74, 6) is 2.57. The van der Waals surface area contributed by atoms with Gasteiger partial charge in [0.1, 0.15) is 11.5 Å². The lowest BCUT2D eigenvalue weighted by atomic mass is 9.88. The van der Waals surface area contributed by atoms with Gasteiger partial charge in [-0.05, 0) is 31.2 Å². The molecule has 27 heavy (non-hydrogen) atoms. The fourth-order valence-electron chi connectivity index (χ4n) is 4.69. The van der Waals surface area contributed by atoms with Crippen LogP contribution in [0.1, 0.15) is 44.1 Å². The molecule has 0 unspecified atom stereocenters. The van der Waals surface area contributed by atoms with Gasteiger partial charge in [-0.15, -0.1) is 0 Å². The first-order valence-electron chi connectivity index (χ1n) is 10.5. The molecule has 1 heterocycles. The predicted molar refractivity (Wildman–Crippen MR) is 108 cm³/mol. The summed E-state index contributed by atoms with van der Waals surface area (Å²) in [5.41, 5.74) is 1.20. The van der Waals surface area contributed by atoms with Crippen molar-refractivity contribution in [3.05, 3.63) is 23.8 Å². The second-order valence-electron chi connectivity index (χ2n) is 8.08. The van der Waals surface area contributed by atoms with Crippen molar-refractivity contribution >= 4 is 0 Å². The zero-order valence-electron chi connectivity index (χ0n) is 17.0. The van der Waals surface area contributed by atoms with Gasteiger partial charge < -0.3 is 14.6 Å². The highest BCUT2D eigenvalue weighted by Gasteiger charge is 2.29. The molecular weight excluding hydrogens is 340 g/mol. The van der Waals surface area contributed by atoms with Crippen molar-refractivity contribution in [1.82, 2.24) is 9.80 Å². The van der Waals surface area contributed by atoms with Crippen molar-refractivity contribution in [1.29, 1.82) is 0 Å². The van der Waals surface area contributed by atoms with Crippen LogP contribution in [0.4, 0.5) is 0 Å². The van der Waals surface area contributed by atoms with Gasteiger partial charge in [-0.3, -0.25) is 9.80 Å². The fourth-order valence-corrected chi connectivity index (χ4v) is 4.69. The molecule has 1 aliphatic heterocycles. The third-order valence-corrected chi connectivity index (χ3v) is 6.26. The van der Waals surface area contributed by atoms with Gasteiger partial charge in [0.25, 0.3) is 0 Å². The van der Waals surface area contributed by atoms with E-state index in [0.29, 0.717) is 6.04 Å². The first-order chi connectivity index (χ1) is 13.2. The Kier molecular flexibility index (Phi) is 7.80. The highest BCUT2D eigenvalue weighted by molar-refractivity contribution is 5.40. The van der Waals surface area contributed by atoms with E-state index in [1.165, 1.54) is 44.2 Å². The molecule has 0 spiro atoms. The Morgan fingerprint density at radius 3 is 2.59 bits per heavy atom. The van der Waals surface area contributed by atoms with Crippen LogP contribution in [0, 0.1) is 5.92 Å². The molecule has 2 aliphatic rings. The van der Waals surface area contributed by atoms with E-state index in [9.17, 15) is 5.11 Å². The number of aliphatic hydroxyl groups excluding tert-OH is 1. The average molecular weight is 377 g/mol. The molecule has 5 heteroatoms. The lowest BCUT2D eigenvalue weighted by Crippen LogP contribution is -2.54. The predicted octanol–water partition coefficient (Wildman–Crippen LogP) is 3.15. The summed E-state index contributed by atoms with van der Waals surface area (Å²) < 4.78 is 10.9. The van der Waals surface area contributed by atoms with Crippen LogP contribution >= 0.6 is 0 Å². The van der Waals surface area contributed by atoms with Gasteiger partial charge in [-0.25, -0.2) is 0 Å². The summed E-state index contributed by atoms with van der Waals surface area (Å²) in [7, 11) is 3.40. The number of ether oxygens (including phenoxy) is 2. The van der Waals surface area contributed by atoms with E-state index in [1.807, 2.05) is 12.1 Å². The molecule has 0 amide bonds. The molecule has 1 saturated carbocycles. The van der Waals surface area contributed by atoms with E-state index in [0.717, 1.165) is 50.0 Å². The molecule has 5 nitrogen and oxygen atoms in total. The van der Waals surface area contributed by atoms with Crippen molar-refractivity contribution < 1.29 is 14.6 Å². The third kappa shape index (κ3) is 5.59. The number of hydrogen-bond donors (Lipinski definition) is 1. The highest BCUT2D eigenvalue weighted by Crippen LogP contribution is 2.29. The van der Waals surface area contributed by atoms with Crippen LogP contribution in [0.2, 0.25) is 0 Å². The third-order valence-electron chi connectivity index (χ3n) is 6.26. The molecule has 1 aromatic rings. The summed E-state index contributed by atoms with van der Waals surface area (Å²) in [6.45, 7) is 5.55. The normalized spacial score (nSPS) is 22.7. The molecule has 0 bridgehead atoms. The fraction of sp³-hybridized carbons (Fsp3) is 0.727. The van der Waals surface area contributed by atoms with Gasteiger partial charge in [-0.1, -0.05) is 25.3 Å². The molecular formula is C22H36N2O3. The van der Waals surface area contributed by atoms with Crippen LogP contribution < -0.4 is 9.47 Å². The molecule has 1 atom stereocenters. The maximum absolute atomic E-state index is 9.58. The van der Waals surface area contributed by atoms with Crippen LogP contribution in [0.15, 0.2) is 18.2 Å². The topological polar surface area (TPSA) is 45.2 Å². The second kappa shape index (κ2) is 10.3. The van der Waals surface area contributed by atoms with Gasteiger partial charge in [-0.2, -0.15) is 0 Å². The van der Waals surface area contributed by atoms with Crippen molar-refractivity contribution in [2.45, 2.75) is 51.1 Å². The second-order valence-corrected chi connectivity index (χ2v) is 8.08. The lowest BCUT2D eigenvalue weighted by Gasteiger charge is -2.43. The minimum absolute atomic E-state index is 0.269. The first-order valence-corrected chi connectivity index (χ1v) is 10.5. The number of hydrogen-bond acceptors (Lipinski definition) is 5. The molecule has 0 radical (unpaired) electrons. The lowest BCUT2D eigenvalue weighted by molar-refractivity contribution is 0.0397.